The molecule has 0 bridgehead atoms. The van der Waals surface area contributed by atoms with E-state index in [1.165, 1.54) is 34.9 Å². The van der Waals surface area contributed by atoms with Gasteiger partial charge in [-0.25, -0.2) is 0 Å². The summed E-state index contributed by atoms with van der Waals surface area (Å²) >= 11 is 6.28. The summed E-state index contributed by atoms with van der Waals surface area (Å²) in [4.78, 5) is 13.9. The van der Waals surface area contributed by atoms with Gasteiger partial charge in [-0.05, 0) is 18.2 Å². The molecular weight excluding hydrogens is 282 g/mol. The van der Waals surface area contributed by atoms with Gasteiger partial charge in [-0.3, -0.25) is 9.69 Å². The fourth-order valence-corrected chi connectivity index (χ4v) is 2.85. The first-order chi connectivity index (χ1) is 9.02. The zero-order valence-corrected chi connectivity index (χ0v) is 11.5. The van der Waals surface area contributed by atoms with E-state index in [9.17, 15) is 15.0 Å². The van der Waals surface area contributed by atoms with E-state index < -0.39 is 0 Å². The van der Waals surface area contributed by atoms with Crippen molar-refractivity contribution in [2.24, 2.45) is 0 Å². The number of phenols is 2. The van der Waals surface area contributed by atoms with Gasteiger partial charge >= 0.3 is 0 Å². The number of aromatic hydroxyl groups is 2. The Hall–Kier alpha value is -1.79. The number of amides is 1. The van der Waals surface area contributed by atoms with Crippen LogP contribution in [0.5, 0.6) is 11.5 Å². The first kappa shape index (κ1) is 13.6. The molecule has 0 aliphatic carbocycles. The van der Waals surface area contributed by atoms with Crippen molar-refractivity contribution >= 4 is 40.3 Å². The lowest BCUT2D eigenvalue weighted by atomic mass is 10.1. The molecule has 1 saturated heterocycles. The highest BCUT2D eigenvalue weighted by atomic mass is 32.2. The van der Waals surface area contributed by atoms with E-state index in [4.69, 9.17) is 12.2 Å². The van der Waals surface area contributed by atoms with Gasteiger partial charge in [0.25, 0.3) is 5.91 Å². The fourth-order valence-electron chi connectivity index (χ4n) is 1.58. The summed E-state index contributed by atoms with van der Waals surface area (Å²) in [5.41, 5.74) is 0.455. The second-order valence-corrected chi connectivity index (χ2v) is 5.50. The van der Waals surface area contributed by atoms with Crippen molar-refractivity contribution in [1.29, 1.82) is 0 Å². The predicted molar refractivity (Wildman–Crippen MR) is 79.8 cm³/mol. The summed E-state index contributed by atoms with van der Waals surface area (Å²) in [5.74, 6) is -0.328. The molecule has 0 spiro atoms. The van der Waals surface area contributed by atoms with Crippen LogP contribution in [0.3, 0.4) is 0 Å². The topological polar surface area (TPSA) is 60.8 Å². The van der Waals surface area contributed by atoms with Crippen LogP contribution in [0.15, 0.2) is 35.8 Å². The van der Waals surface area contributed by atoms with Gasteiger partial charge in [0.1, 0.15) is 15.8 Å². The smallest absolute Gasteiger partial charge is 0.266 e. The number of thioether (sulfide) groups is 1. The minimum atomic E-state index is -0.206. The number of benzene rings is 1. The molecular formula is C13H11NO3S2. The summed E-state index contributed by atoms with van der Waals surface area (Å²) in [6, 6.07) is 4.19. The Bertz CT molecular complexity index is 596. The van der Waals surface area contributed by atoms with Crippen molar-refractivity contribution in [1.82, 2.24) is 4.90 Å². The zero-order valence-electron chi connectivity index (χ0n) is 9.87. The lowest BCUT2D eigenvalue weighted by Crippen LogP contribution is -2.27. The Morgan fingerprint density at radius 2 is 2.16 bits per heavy atom. The number of thiocarbonyl (C=S) groups is 1. The van der Waals surface area contributed by atoms with Gasteiger partial charge in [-0.2, -0.15) is 0 Å². The van der Waals surface area contributed by atoms with Crippen LogP contribution in [0.4, 0.5) is 0 Å². The molecule has 0 saturated carbocycles. The molecule has 1 aromatic rings. The van der Waals surface area contributed by atoms with Crippen LogP contribution in [-0.4, -0.2) is 31.9 Å². The van der Waals surface area contributed by atoms with Crippen molar-refractivity contribution in [2.75, 3.05) is 6.54 Å². The maximum atomic E-state index is 12.1. The minimum Gasteiger partial charge on any atom is -0.508 e. The quantitative estimate of drug-likeness (QED) is 0.509. The second-order valence-electron chi connectivity index (χ2n) is 3.82. The van der Waals surface area contributed by atoms with Crippen molar-refractivity contribution in [3.8, 4) is 11.5 Å². The Labute approximate surface area is 120 Å². The van der Waals surface area contributed by atoms with E-state index in [0.717, 1.165) is 0 Å². The molecule has 2 N–H and O–H groups in total. The second kappa shape index (κ2) is 5.46. The Morgan fingerprint density at radius 1 is 1.42 bits per heavy atom. The summed E-state index contributed by atoms with van der Waals surface area (Å²) < 4.78 is 0.467. The number of carbonyl (C=O) groups excluding carboxylic acids is 1. The van der Waals surface area contributed by atoms with Gasteiger partial charge < -0.3 is 10.2 Å². The van der Waals surface area contributed by atoms with Crippen molar-refractivity contribution < 1.29 is 15.0 Å². The number of hydrogen-bond donors (Lipinski definition) is 2. The first-order valence-corrected chi connectivity index (χ1v) is 6.63. The molecule has 1 aromatic carbocycles. The maximum Gasteiger partial charge on any atom is 0.266 e. The molecule has 1 fully saturated rings. The Balaban J connectivity index is 2.32. The maximum absolute atomic E-state index is 12.1. The fraction of sp³-hybridized carbons (Fsp3) is 0.0769. The molecule has 2 rings (SSSR count). The summed E-state index contributed by atoms with van der Waals surface area (Å²) in [6.45, 7) is 3.94. The molecule has 1 heterocycles. The molecule has 0 atom stereocenters. The molecule has 0 radical (unpaired) electrons. The van der Waals surface area contributed by atoms with Crippen LogP contribution in [-0.2, 0) is 4.79 Å². The summed E-state index contributed by atoms with van der Waals surface area (Å²) in [5, 5.41) is 18.9. The van der Waals surface area contributed by atoms with Gasteiger partial charge in [0.15, 0.2) is 0 Å². The highest BCUT2D eigenvalue weighted by Gasteiger charge is 2.31. The van der Waals surface area contributed by atoms with Crippen LogP contribution >= 0.6 is 24.0 Å². The van der Waals surface area contributed by atoms with Gasteiger partial charge in [-0.15, -0.1) is 6.58 Å². The third kappa shape index (κ3) is 2.80. The average molecular weight is 293 g/mol. The van der Waals surface area contributed by atoms with E-state index >= 15 is 0 Å². The molecule has 19 heavy (non-hydrogen) atoms. The molecule has 98 valence electrons. The first-order valence-electron chi connectivity index (χ1n) is 5.41. The van der Waals surface area contributed by atoms with Crippen molar-refractivity contribution in [3.05, 3.63) is 41.3 Å². The lowest BCUT2D eigenvalue weighted by Gasteiger charge is -2.10. The highest BCUT2D eigenvalue weighted by Crippen LogP contribution is 2.34. The average Bonchev–Trinajstić information content (AvgIpc) is 2.61. The normalized spacial score (nSPS) is 17.3. The Kier molecular flexibility index (Phi) is 3.92. The third-order valence-corrected chi connectivity index (χ3v) is 3.86. The van der Waals surface area contributed by atoms with Crippen molar-refractivity contribution in [3.63, 3.8) is 0 Å². The number of phenolic OH excluding ortho intramolecular Hbond substituents is 2. The highest BCUT2D eigenvalue weighted by molar-refractivity contribution is 8.26. The van der Waals surface area contributed by atoms with Gasteiger partial charge in [0.05, 0.1) is 4.91 Å². The van der Waals surface area contributed by atoms with E-state index in [2.05, 4.69) is 6.58 Å². The van der Waals surface area contributed by atoms with Crippen LogP contribution in [0.2, 0.25) is 0 Å². The summed E-state index contributed by atoms with van der Waals surface area (Å²) in [7, 11) is 0. The molecule has 1 amide bonds. The van der Waals surface area contributed by atoms with E-state index in [0.29, 0.717) is 21.3 Å². The molecule has 1 aliphatic rings. The molecule has 0 aromatic heterocycles. The van der Waals surface area contributed by atoms with Crippen molar-refractivity contribution in [2.45, 2.75) is 0 Å². The van der Waals surface area contributed by atoms with Gasteiger partial charge in [0, 0.05) is 18.2 Å². The molecule has 6 heteroatoms. The van der Waals surface area contributed by atoms with Gasteiger partial charge in [-0.1, -0.05) is 30.1 Å². The van der Waals surface area contributed by atoms with Crippen LogP contribution in [0.1, 0.15) is 5.56 Å². The van der Waals surface area contributed by atoms with E-state index in [1.54, 1.807) is 12.2 Å². The van der Waals surface area contributed by atoms with Crippen LogP contribution in [0, 0.1) is 0 Å². The molecule has 0 unspecified atom stereocenters. The standard InChI is InChI=1S/C13H11NO3S2/c1-2-5-14-12(17)11(19-13(14)18)6-8-3-4-9(15)7-10(8)16/h2-4,6-7,15-16H,1,5H2/b11-6+. The minimum absolute atomic E-state index is 0.0335. The number of hydrogen-bond acceptors (Lipinski definition) is 5. The molecule has 1 aliphatic heterocycles. The van der Waals surface area contributed by atoms with E-state index in [1.807, 2.05) is 0 Å². The third-order valence-electron chi connectivity index (χ3n) is 2.49. The Morgan fingerprint density at radius 3 is 2.79 bits per heavy atom. The number of nitrogens with zero attached hydrogens (tertiary/aromatic N) is 1. The largest absolute Gasteiger partial charge is 0.508 e. The lowest BCUT2D eigenvalue weighted by molar-refractivity contribution is -0.121. The van der Waals surface area contributed by atoms with Crippen LogP contribution in [0.25, 0.3) is 6.08 Å². The monoisotopic (exact) mass is 293 g/mol. The number of carbonyl (C=O) groups is 1. The molecule has 4 nitrogen and oxygen atoms in total. The SMILES string of the molecule is C=CCN1C(=O)/C(=C\c2ccc(O)cc2O)SC1=S. The predicted octanol–water partition coefficient (Wildman–Crippen LogP) is 2.49. The van der Waals surface area contributed by atoms with Gasteiger partial charge in [0.2, 0.25) is 0 Å². The number of rotatable bonds is 3. The zero-order chi connectivity index (χ0) is 14.0. The summed E-state index contributed by atoms with van der Waals surface area (Å²) in [6.07, 6.45) is 3.16. The van der Waals surface area contributed by atoms with E-state index in [-0.39, 0.29) is 17.4 Å². The van der Waals surface area contributed by atoms with Crippen LogP contribution < -0.4 is 0 Å².